The molecule has 0 aromatic carbocycles. The minimum Gasteiger partial charge on any atom is -0.429 e. The van der Waals surface area contributed by atoms with Crippen LogP contribution in [0.25, 0.3) is 0 Å². The number of allylic oxidation sites excluding steroid dienone is 2. The molecule has 0 spiro atoms. The molecule has 4 heteroatoms. The van der Waals surface area contributed by atoms with Gasteiger partial charge >= 0.3 is 0 Å². The standard InChI is InChI=1S/C9H18N3.Yb/c1-12(11)9-7-5-3-2-4-6-8(9)10;/h6H,2-5,7,10-11H2,1H3;/q-1;/b9-8-;. The van der Waals surface area contributed by atoms with E-state index >= 15 is 0 Å². The van der Waals surface area contributed by atoms with Crippen LogP contribution < -0.4 is 11.6 Å². The molecule has 0 saturated carbocycles. The van der Waals surface area contributed by atoms with Gasteiger partial charge in [0.1, 0.15) is 0 Å². The maximum Gasteiger partial charge on any atom is 0.00347 e. The van der Waals surface area contributed by atoms with Crippen molar-refractivity contribution in [1.82, 2.24) is 5.01 Å². The van der Waals surface area contributed by atoms with Gasteiger partial charge in [-0.15, -0.1) is 5.70 Å². The summed E-state index contributed by atoms with van der Waals surface area (Å²) >= 11 is 0. The smallest absolute Gasteiger partial charge is 0.00347 e. The summed E-state index contributed by atoms with van der Waals surface area (Å²) in [6, 6.07) is 0. The predicted octanol–water partition coefficient (Wildman–Crippen LogP) is 1.13. The molecule has 13 heavy (non-hydrogen) atoms. The molecule has 4 N–H and O–H groups in total. The summed E-state index contributed by atoms with van der Waals surface area (Å²) in [5.41, 5.74) is 7.79. The fourth-order valence-corrected chi connectivity index (χ4v) is 1.51. The number of nitrogens with zero attached hydrogens (tertiary/aromatic N) is 1. The van der Waals surface area contributed by atoms with Gasteiger partial charge in [0.25, 0.3) is 0 Å². The van der Waals surface area contributed by atoms with E-state index < -0.39 is 0 Å². The molecule has 0 saturated heterocycles. The molecule has 0 radical (unpaired) electrons. The van der Waals surface area contributed by atoms with Crippen LogP contribution in [0.3, 0.4) is 0 Å². The molecule has 0 atom stereocenters. The molecule has 0 aromatic rings. The van der Waals surface area contributed by atoms with Crippen LogP contribution in [0.5, 0.6) is 0 Å². The quantitative estimate of drug-likeness (QED) is 0.427. The van der Waals surface area contributed by atoms with Gasteiger partial charge in [-0.3, -0.25) is 5.84 Å². The summed E-state index contributed by atoms with van der Waals surface area (Å²) in [4.78, 5) is 0. The average Bonchev–Trinajstić information content (AvgIpc) is 1.96. The van der Waals surface area contributed by atoms with E-state index in [0.717, 1.165) is 24.2 Å². The Hall–Kier alpha value is 0.689. The Morgan fingerprint density at radius 2 is 2.00 bits per heavy atom. The molecular weight excluding hydrogens is 323 g/mol. The zero-order valence-electron chi connectivity index (χ0n) is 7.98. The van der Waals surface area contributed by atoms with Crippen molar-refractivity contribution in [2.24, 2.45) is 11.6 Å². The zero-order valence-corrected chi connectivity index (χ0v) is 9.70. The van der Waals surface area contributed by atoms with Crippen LogP contribution in [0.2, 0.25) is 0 Å². The third-order valence-electron chi connectivity index (χ3n) is 2.24. The van der Waals surface area contributed by atoms with Crippen molar-refractivity contribution >= 4 is 0 Å². The molecule has 0 aromatic heterocycles. The van der Waals surface area contributed by atoms with E-state index in [1.54, 1.807) is 5.01 Å². The summed E-state index contributed by atoms with van der Waals surface area (Å²) in [7, 11) is 1.84. The Morgan fingerprint density at radius 1 is 1.31 bits per heavy atom. The van der Waals surface area contributed by atoms with Crippen molar-refractivity contribution in [2.75, 3.05) is 7.05 Å². The topological polar surface area (TPSA) is 55.3 Å². The average molecular weight is 341 g/mol. The summed E-state index contributed by atoms with van der Waals surface area (Å²) in [5, 5.41) is 1.64. The maximum absolute atomic E-state index is 5.85. The van der Waals surface area contributed by atoms with Crippen LogP contribution in [-0.4, -0.2) is 12.1 Å². The summed E-state index contributed by atoms with van der Waals surface area (Å²) < 4.78 is 0. The van der Waals surface area contributed by atoms with E-state index in [4.69, 9.17) is 11.6 Å². The van der Waals surface area contributed by atoms with Crippen molar-refractivity contribution < 1.29 is 46.9 Å². The van der Waals surface area contributed by atoms with Gasteiger partial charge in [-0.1, -0.05) is 37.8 Å². The second-order valence-corrected chi connectivity index (χ2v) is 3.32. The monoisotopic (exact) mass is 342 g/mol. The molecule has 0 fully saturated rings. The van der Waals surface area contributed by atoms with Crippen LogP contribution in [-0.2, 0) is 0 Å². The zero-order chi connectivity index (χ0) is 8.97. The third kappa shape index (κ3) is 4.63. The van der Waals surface area contributed by atoms with Crippen molar-refractivity contribution in [1.29, 1.82) is 0 Å². The first-order valence-electron chi connectivity index (χ1n) is 4.52. The third-order valence-corrected chi connectivity index (χ3v) is 2.24. The predicted molar refractivity (Wildman–Crippen MR) is 50.5 cm³/mol. The molecular formula is C9H18N3Yb-. The van der Waals surface area contributed by atoms with Crippen LogP contribution in [0.1, 0.15) is 32.1 Å². The second-order valence-electron chi connectivity index (χ2n) is 3.32. The SMILES string of the molecule is CN(N)/C1=C(\N)[CH-]CCCCC1.[Yb]. The van der Waals surface area contributed by atoms with Gasteiger partial charge in [-0.05, 0) is 0 Å². The van der Waals surface area contributed by atoms with Crippen LogP contribution in [0.4, 0.5) is 0 Å². The Morgan fingerprint density at radius 3 is 2.62 bits per heavy atom. The van der Waals surface area contributed by atoms with E-state index in [1.807, 2.05) is 7.05 Å². The Kier molecular flexibility index (Phi) is 7.42. The van der Waals surface area contributed by atoms with Crippen molar-refractivity contribution in [3.8, 4) is 0 Å². The fourth-order valence-electron chi connectivity index (χ4n) is 1.51. The summed E-state index contributed by atoms with van der Waals surface area (Å²) in [6.07, 6.45) is 7.91. The number of hydrogen-bond acceptors (Lipinski definition) is 3. The normalized spacial score (nSPS) is 23.5. The van der Waals surface area contributed by atoms with Crippen LogP contribution in [0, 0.1) is 53.3 Å². The van der Waals surface area contributed by atoms with E-state index in [1.165, 1.54) is 19.3 Å². The van der Waals surface area contributed by atoms with Crippen LogP contribution >= 0.6 is 0 Å². The minimum absolute atomic E-state index is 0. The molecule has 1 aliphatic carbocycles. The van der Waals surface area contributed by atoms with Gasteiger partial charge in [0.2, 0.25) is 0 Å². The van der Waals surface area contributed by atoms with E-state index in [-0.39, 0.29) is 46.9 Å². The second kappa shape index (κ2) is 7.04. The van der Waals surface area contributed by atoms with Crippen LogP contribution in [0.15, 0.2) is 11.4 Å². The first kappa shape index (κ1) is 13.7. The van der Waals surface area contributed by atoms with Crippen molar-refractivity contribution in [3.05, 3.63) is 17.8 Å². The molecule has 0 aliphatic heterocycles. The first-order chi connectivity index (χ1) is 5.72. The Balaban J connectivity index is 0.00000144. The largest absolute Gasteiger partial charge is 0.429 e. The molecule has 1 aliphatic rings. The number of hydrogen-bond donors (Lipinski definition) is 2. The van der Waals surface area contributed by atoms with E-state index in [9.17, 15) is 0 Å². The van der Waals surface area contributed by atoms with Gasteiger partial charge in [-0.2, -0.15) is 0 Å². The van der Waals surface area contributed by atoms with Crippen molar-refractivity contribution in [3.63, 3.8) is 0 Å². The number of rotatable bonds is 1. The Bertz CT molecular complexity index is 178. The van der Waals surface area contributed by atoms with Gasteiger partial charge in [0, 0.05) is 54.0 Å². The van der Waals surface area contributed by atoms with E-state index in [2.05, 4.69) is 6.42 Å². The van der Waals surface area contributed by atoms with Crippen molar-refractivity contribution in [2.45, 2.75) is 32.1 Å². The minimum atomic E-state index is 0. The molecule has 3 nitrogen and oxygen atoms in total. The first-order valence-corrected chi connectivity index (χ1v) is 4.52. The van der Waals surface area contributed by atoms with Gasteiger partial charge in [0.15, 0.2) is 0 Å². The fraction of sp³-hybridized carbons (Fsp3) is 0.667. The molecule has 0 amide bonds. The van der Waals surface area contributed by atoms with Gasteiger partial charge < -0.3 is 10.7 Å². The summed E-state index contributed by atoms with van der Waals surface area (Å²) in [5.74, 6) is 5.65. The number of nitrogens with two attached hydrogens (primary N) is 2. The summed E-state index contributed by atoms with van der Waals surface area (Å²) in [6.45, 7) is 0. The molecule has 0 bridgehead atoms. The molecule has 1 rings (SSSR count). The van der Waals surface area contributed by atoms with Gasteiger partial charge in [-0.25, -0.2) is 6.42 Å². The van der Waals surface area contributed by atoms with Gasteiger partial charge in [0.05, 0.1) is 0 Å². The maximum atomic E-state index is 5.85. The molecule has 0 heterocycles. The van der Waals surface area contributed by atoms with E-state index in [0.29, 0.717) is 0 Å². The molecule has 0 unspecified atom stereocenters. The number of hydrazine groups is 1. The molecule has 84 valence electrons. The Labute approximate surface area is 119 Å².